The predicted molar refractivity (Wildman–Crippen MR) is 80.9 cm³/mol. The molecule has 0 aliphatic carbocycles. The van der Waals surface area contributed by atoms with Crippen LogP contribution in [0.5, 0.6) is 0 Å². The molecule has 0 bridgehead atoms. The van der Waals surface area contributed by atoms with Crippen molar-refractivity contribution in [1.82, 2.24) is 0 Å². The zero-order valence-corrected chi connectivity index (χ0v) is 13.3. The molecule has 0 heterocycles. The second-order valence-electron chi connectivity index (χ2n) is 4.07. The Kier molecular flexibility index (Phi) is 5.50. The minimum Gasteiger partial charge on any atom is -0.453 e. The van der Waals surface area contributed by atoms with Crippen molar-refractivity contribution in [3.8, 4) is 0 Å². The van der Waals surface area contributed by atoms with Crippen LogP contribution >= 0.6 is 34.8 Å². The monoisotopic (exact) mass is 338 g/mol. The maximum atomic E-state index is 11.7. The molecule has 0 unspecified atom stereocenters. The van der Waals surface area contributed by atoms with Gasteiger partial charge in [-0.3, -0.25) is 10.1 Å². The van der Waals surface area contributed by atoms with Crippen LogP contribution in [-0.2, 0) is 9.53 Å². The Morgan fingerprint density at radius 1 is 1.15 bits per heavy atom. The van der Waals surface area contributed by atoms with E-state index in [1.807, 2.05) is 13.0 Å². The molecule has 0 aromatic heterocycles. The third-order valence-corrected chi connectivity index (χ3v) is 2.91. The molecule has 0 saturated heterocycles. The second-order valence-corrected chi connectivity index (χ2v) is 6.35. The molecular weight excluding hydrogens is 327 g/mol. The van der Waals surface area contributed by atoms with Crippen molar-refractivity contribution in [2.45, 2.75) is 17.6 Å². The van der Waals surface area contributed by atoms with Crippen molar-refractivity contribution in [1.29, 1.82) is 0 Å². The summed E-state index contributed by atoms with van der Waals surface area (Å²) in [6.07, 6.45) is -0.665. The molecule has 0 atom stereocenters. The summed E-state index contributed by atoms with van der Waals surface area (Å²) in [7, 11) is 1.23. The standard InChI is InChI=1S/C12H13Cl3N2O3/c1-6-4-7(2)9(17-11(19)20-3)8(5-6)16-10(18)12(13,14)15/h4-5H,1-3H3,(H,16,18)(H,17,19). The van der Waals surface area contributed by atoms with E-state index in [1.165, 1.54) is 7.11 Å². The fraction of sp³-hybridized carbons (Fsp3) is 0.333. The number of benzene rings is 1. The Hall–Kier alpha value is -1.17. The molecule has 0 aliphatic heterocycles. The number of methoxy groups -OCH3 is 1. The highest BCUT2D eigenvalue weighted by Gasteiger charge is 2.31. The summed E-state index contributed by atoms with van der Waals surface area (Å²) in [5, 5.41) is 4.96. The summed E-state index contributed by atoms with van der Waals surface area (Å²) in [4.78, 5) is 23.0. The Bertz CT molecular complexity index is 541. The van der Waals surface area contributed by atoms with E-state index in [1.54, 1.807) is 13.0 Å². The van der Waals surface area contributed by atoms with E-state index in [0.29, 0.717) is 11.4 Å². The van der Waals surface area contributed by atoms with Gasteiger partial charge in [0.25, 0.3) is 9.70 Å². The Morgan fingerprint density at radius 3 is 2.25 bits per heavy atom. The largest absolute Gasteiger partial charge is 0.453 e. The highest BCUT2D eigenvalue weighted by atomic mass is 35.6. The highest BCUT2D eigenvalue weighted by Crippen LogP contribution is 2.32. The van der Waals surface area contributed by atoms with Gasteiger partial charge in [0.05, 0.1) is 18.5 Å². The van der Waals surface area contributed by atoms with Crippen molar-refractivity contribution in [3.63, 3.8) is 0 Å². The molecule has 0 fully saturated rings. The summed E-state index contributed by atoms with van der Waals surface area (Å²) < 4.78 is 2.43. The van der Waals surface area contributed by atoms with Crippen LogP contribution < -0.4 is 10.6 Å². The van der Waals surface area contributed by atoms with E-state index in [2.05, 4.69) is 15.4 Å². The van der Waals surface area contributed by atoms with Gasteiger partial charge in [-0.05, 0) is 31.0 Å². The average molecular weight is 340 g/mol. The van der Waals surface area contributed by atoms with Gasteiger partial charge in [-0.25, -0.2) is 4.79 Å². The van der Waals surface area contributed by atoms with Crippen molar-refractivity contribution < 1.29 is 14.3 Å². The topological polar surface area (TPSA) is 67.4 Å². The number of amides is 2. The molecule has 1 rings (SSSR count). The van der Waals surface area contributed by atoms with Crippen LogP contribution in [0, 0.1) is 13.8 Å². The van der Waals surface area contributed by atoms with Gasteiger partial charge >= 0.3 is 6.09 Å². The maximum Gasteiger partial charge on any atom is 0.411 e. The molecule has 1 aromatic carbocycles. The molecule has 20 heavy (non-hydrogen) atoms. The zero-order chi connectivity index (χ0) is 15.5. The van der Waals surface area contributed by atoms with Gasteiger partial charge in [-0.1, -0.05) is 40.9 Å². The lowest BCUT2D eigenvalue weighted by molar-refractivity contribution is -0.115. The number of nitrogens with one attached hydrogen (secondary N) is 2. The lowest BCUT2D eigenvalue weighted by atomic mass is 10.1. The molecule has 110 valence electrons. The van der Waals surface area contributed by atoms with Crippen LogP contribution in [0.1, 0.15) is 11.1 Å². The molecule has 1 aromatic rings. The van der Waals surface area contributed by atoms with Crippen molar-refractivity contribution in [3.05, 3.63) is 23.3 Å². The van der Waals surface area contributed by atoms with E-state index in [4.69, 9.17) is 34.8 Å². The second kappa shape index (κ2) is 6.52. The lowest BCUT2D eigenvalue weighted by Gasteiger charge is -2.17. The number of hydrogen-bond donors (Lipinski definition) is 2. The summed E-state index contributed by atoms with van der Waals surface area (Å²) in [5.41, 5.74) is 2.31. The van der Waals surface area contributed by atoms with Gasteiger partial charge in [0.1, 0.15) is 0 Å². The van der Waals surface area contributed by atoms with Crippen LogP contribution in [0.25, 0.3) is 0 Å². The minimum atomic E-state index is -2.10. The summed E-state index contributed by atoms with van der Waals surface area (Å²) >= 11 is 16.5. The summed E-state index contributed by atoms with van der Waals surface area (Å²) in [6.45, 7) is 3.60. The number of alkyl halides is 3. The fourth-order valence-corrected chi connectivity index (χ4v) is 1.72. The SMILES string of the molecule is COC(=O)Nc1c(C)cc(C)cc1NC(=O)C(Cl)(Cl)Cl. The Morgan fingerprint density at radius 2 is 1.75 bits per heavy atom. The Balaban J connectivity index is 3.16. The molecule has 8 heteroatoms. The smallest absolute Gasteiger partial charge is 0.411 e. The number of carbonyl (C=O) groups excluding carboxylic acids is 2. The number of hydrogen-bond acceptors (Lipinski definition) is 3. The number of ether oxygens (including phenoxy) is 1. The van der Waals surface area contributed by atoms with E-state index in [-0.39, 0.29) is 0 Å². The van der Waals surface area contributed by atoms with Gasteiger partial charge in [0, 0.05) is 0 Å². The van der Waals surface area contributed by atoms with Gasteiger partial charge in [-0.15, -0.1) is 0 Å². The van der Waals surface area contributed by atoms with E-state index in [9.17, 15) is 9.59 Å². The molecule has 2 amide bonds. The Labute approximate surface area is 131 Å². The molecular formula is C12H13Cl3N2O3. The van der Waals surface area contributed by atoms with Crippen molar-refractivity contribution in [2.24, 2.45) is 0 Å². The molecule has 0 radical (unpaired) electrons. The number of rotatable bonds is 2. The van der Waals surface area contributed by atoms with Gasteiger partial charge in [-0.2, -0.15) is 0 Å². The summed E-state index contributed by atoms with van der Waals surface area (Å²) in [6, 6.07) is 3.48. The summed E-state index contributed by atoms with van der Waals surface area (Å²) in [5.74, 6) is -0.819. The van der Waals surface area contributed by atoms with Crippen LogP contribution in [0.15, 0.2) is 12.1 Å². The van der Waals surface area contributed by atoms with Crippen molar-refractivity contribution in [2.75, 3.05) is 17.7 Å². The minimum absolute atomic E-state index is 0.323. The fourth-order valence-electron chi connectivity index (χ4n) is 1.58. The van der Waals surface area contributed by atoms with Gasteiger partial charge < -0.3 is 10.1 Å². The average Bonchev–Trinajstić information content (AvgIpc) is 2.31. The van der Waals surface area contributed by atoms with E-state index >= 15 is 0 Å². The third kappa shape index (κ3) is 4.44. The highest BCUT2D eigenvalue weighted by molar-refractivity contribution is 6.76. The first-order valence-corrected chi connectivity index (χ1v) is 6.63. The first-order chi connectivity index (χ1) is 9.15. The number of anilines is 2. The van der Waals surface area contributed by atoms with Crippen LogP contribution in [0.2, 0.25) is 0 Å². The van der Waals surface area contributed by atoms with Crippen LogP contribution in [-0.4, -0.2) is 22.9 Å². The first-order valence-electron chi connectivity index (χ1n) is 5.49. The third-order valence-electron chi connectivity index (χ3n) is 2.40. The maximum absolute atomic E-state index is 11.7. The normalized spacial score (nSPS) is 10.9. The molecule has 0 saturated carbocycles. The van der Waals surface area contributed by atoms with E-state index in [0.717, 1.165) is 11.1 Å². The first kappa shape index (κ1) is 16.9. The molecule has 0 aliphatic rings. The lowest BCUT2D eigenvalue weighted by Crippen LogP contribution is -2.28. The molecule has 5 nitrogen and oxygen atoms in total. The molecule has 2 N–H and O–H groups in total. The van der Waals surface area contributed by atoms with Crippen LogP contribution in [0.3, 0.4) is 0 Å². The van der Waals surface area contributed by atoms with Crippen molar-refractivity contribution >= 4 is 58.2 Å². The van der Waals surface area contributed by atoms with Gasteiger partial charge in [0.2, 0.25) is 0 Å². The van der Waals surface area contributed by atoms with Crippen LogP contribution in [0.4, 0.5) is 16.2 Å². The molecule has 0 spiro atoms. The number of carbonyl (C=O) groups is 2. The zero-order valence-electron chi connectivity index (χ0n) is 11.0. The number of aryl methyl sites for hydroxylation is 2. The van der Waals surface area contributed by atoms with Gasteiger partial charge in [0.15, 0.2) is 0 Å². The quantitative estimate of drug-likeness (QED) is 0.806. The van der Waals surface area contributed by atoms with E-state index < -0.39 is 15.8 Å². The number of halogens is 3. The predicted octanol–water partition coefficient (Wildman–Crippen LogP) is 3.79.